The average molecular weight is 543 g/mol. The molecule has 1 aliphatic heterocycles. The van der Waals surface area contributed by atoms with E-state index >= 15 is 0 Å². The van der Waals surface area contributed by atoms with Crippen LogP contribution in [-0.4, -0.2) is 47.9 Å². The number of fused-ring (bicyclic) bond motifs is 1. The number of amides is 2. The lowest BCUT2D eigenvalue weighted by Gasteiger charge is -2.17. The SMILES string of the molecule is Cc1ccc(N2CC(C(=O)Nc3cc(C)nn3-c3nc4c(cnn4-c4cccc(Cl)c4)c(=O)[nH]3)CC2=O)cc1. The maximum absolute atomic E-state index is 13.2. The van der Waals surface area contributed by atoms with E-state index in [0.29, 0.717) is 27.9 Å². The minimum Gasteiger partial charge on any atom is -0.312 e. The van der Waals surface area contributed by atoms with E-state index in [9.17, 15) is 14.4 Å². The van der Waals surface area contributed by atoms with E-state index in [1.165, 1.54) is 15.6 Å². The third-order valence-corrected chi connectivity index (χ3v) is 6.84. The molecule has 5 aromatic rings. The van der Waals surface area contributed by atoms with Gasteiger partial charge >= 0.3 is 0 Å². The van der Waals surface area contributed by atoms with Crippen LogP contribution in [0, 0.1) is 19.8 Å². The van der Waals surface area contributed by atoms with Gasteiger partial charge in [-0.2, -0.15) is 19.9 Å². The fourth-order valence-electron chi connectivity index (χ4n) is 4.64. The van der Waals surface area contributed by atoms with Crippen molar-refractivity contribution in [2.45, 2.75) is 20.3 Å². The Labute approximate surface area is 227 Å². The van der Waals surface area contributed by atoms with Crippen molar-refractivity contribution in [1.29, 1.82) is 0 Å². The normalized spacial score (nSPS) is 15.3. The van der Waals surface area contributed by atoms with Gasteiger partial charge in [-0.1, -0.05) is 35.4 Å². The second kappa shape index (κ2) is 9.52. The van der Waals surface area contributed by atoms with E-state index in [1.54, 1.807) is 42.2 Å². The molecule has 1 atom stereocenters. The van der Waals surface area contributed by atoms with Crippen LogP contribution in [-0.2, 0) is 9.59 Å². The molecule has 0 aliphatic carbocycles. The number of nitrogens with one attached hydrogen (secondary N) is 2. The Kier molecular flexibility index (Phi) is 5.99. The molecule has 1 unspecified atom stereocenters. The van der Waals surface area contributed by atoms with Gasteiger partial charge in [0, 0.05) is 29.7 Å². The molecular weight excluding hydrogens is 520 g/mol. The van der Waals surface area contributed by atoms with Crippen molar-refractivity contribution < 1.29 is 9.59 Å². The number of halogens is 1. The average Bonchev–Trinajstić information content (AvgIpc) is 3.61. The third-order valence-electron chi connectivity index (χ3n) is 6.60. The van der Waals surface area contributed by atoms with Gasteiger partial charge in [0.1, 0.15) is 11.2 Å². The van der Waals surface area contributed by atoms with E-state index in [1.807, 2.05) is 31.2 Å². The molecular formula is C27H23ClN8O3. The molecule has 6 rings (SSSR count). The first-order valence-electron chi connectivity index (χ1n) is 12.3. The van der Waals surface area contributed by atoms with Crippen LogP contribution in [0.1, 0.15) is 17.7 Å². The zero-order valence-corrected chi connectivity index (χ0v) is 21.8. The Morgan fingerprint density at radius 1 is 1.05 bits per heavy atom. The summed E-state index contributed by atoms with van der Waals surface area (Å²) in [6, 6.07) is 16.3. The number of carbonyl (C=O) groups excluding carboxylic acids is 2. The molecule has 0 spiro atoms. The van der Waals surface area contributed by atoms with Crippen molar-refractivity contribution >= 4 is 46.0 Å². The van der Waals surface area contributed by atoms with Gasteiger partial charge in [-0.25, -0.2) is 4.68 Å². The lowest BCUT2D eigenvalue weighted by atomic mass is 10.1. The number of benzene rings is 2. The largest absolute Gasteiger partial charge is 0.312 e. The van der Waals surface area contributed by atoms with Crippen LogP contribution in [0.4, 0.5) is 11.5 Å². The van der Waals surface area contributed by atoms with E-state index in [0.717, 1.165) is 11.3 Å². The van der Waals surface area contributed by atoms with E-state index in [2.05, 4.69) is 25.5 Å². The Morgan fingerprint density at radius 2 is 1.85 bits per heavy atom. The first-order chi connectivity index (χ1) is 18.8. The van der Waals surface area contributed by atoms with Gasteiger partial charge in [0.25, 0.3) is 5.56 Å². The molecule has 1 fully saturated rings. The van der Waals surface area contributed by atoms with Gasteiger partial charge in [-0.3, -0.25) is 19.4 Å². The summed E-state index contributed by atoms with van der Waals surface area (Å²) in [4.78, 5) is 47.8. The molecule has 2 aromatic carbocycles. The summed E-state index contributed by atoms with van der Waals surface area (Å²) in [5, 5.41) is 12.4. The third kappa shape index (κ3) is 4.57. The number of aromatic amines is 1. The van der Waals surface area contributed by atoms with Crippen molar-refractivity contribution in [3.05, 3.63) is 87.4 Å². The Balaban J connectivity index is 1.30. The molecule has 0 saturated carbocycles. The molecule has 0 radical (unpaired) electrons. The summed E-state index contributed by atoms with van der Waals surface area (Å²) in [6.45, 7) is 4.00. The smallest absolute Gasteiger partial charge is 0.263 e. The van der Waals surface area contributed by atoms with Crippen molar-refractivity contribution in [3.8, 4) is 11.6 Å². The molecule has 39 heavy (non-hydrogen) atoms. The monoisotopic (exact) mass is 542 g/mol. The quantitative estimate of drug-likeness (QED) is 0.349. The van der Waals surface area contributed by atoms with Crippen LogP contribution in [0.25, 0.3) is 22.7 Å². The van der Waals surface area contributed by atoms with Gasteiger partial charge in [0.15, 0.2) is 5.65 Å². The number of hydrogen-bond acceptors (Lipinski definition) is 6. The number of nitrogens with zero attached hydrogens (tertiary/aromatic N) is 6. The van der Waals surface area contributed by atoms with Crippen molar-refractivity contribution in [2.24, 2.45) is 5.92 Å². The summed E-state index contributed by atoms with van der Waals surface area (Å²) < 4.78 is 2.87. The Bertz CT molecular complexity index is 1800. The van der Waals surface area contributed by atoms with Crippen molar-refractivity contribution in [2.75, 3.05) is 16.8 Å². The van der Waals surface area contributed by atoms with Crippen molar-refractivity contribution in [3.63, 3.8) is 0 Å². The number of hydrogen-bond donors (Lipinski definition) is 2. The van der Waals surface area contributed by atoms with E-state index in [4.69, 9.17) is 11.6 Å². The summed E-state index contributed by atoms with van der Waals surface area (Å²) >= 11 is 6.15. The summed E-state index contributed by atoms with van der Waals surface area (Å²) in [5.41, 5.74) is 2.97. The van der Waals surface area contributed by atoms with Gasteiger partial charge in [0.05, 0.1) is 23.5 Å². The lowest BCUT2D eigenvalue weighted by Crippen LogP contribution is -2.28. The Morgan fingerprint density at radius 3 is 2.62 bits per heavy atom. The van der Waals surface area contributed by atoms with Crippen LogP contribution in [0.3, 0.4) is 0 Å². The zero-order valence-electron chi connectivity index (χ0n) is 21.1. The zero-order chi connectivity index (χ0) is 27.3. The number of rotatable bonds is 5. The van der Waals surface area contributed by atoms with E-state index in [-0.39, 0.29) is 36.1 Å². The number of aryl methyl sites for hydroxylation is 2. The number of H-pyrrole nitrogens is 1. The first-order valence-corrected chi connectivity index (χ1v) is 12.6. The summed E-state index contributed by atoms with van der Waals surface area (Å²) in [7, 11) is 0. The maximum atomic E-state index is 13.2. The first kappa shape index (κ1) is 24.6. The molecule has 1 aliphatic rings. The fraction of sp³-hybridized carbons (Fsp3) is 0.185. The predicted molar refractivity (Wildman–Crippen MR) is 147 cm³/mol. The predicted octanol–water partition coefficient (Wildman–Crippen LogP) is 3.56. The minimum atomic E-state index is -0.554. The van der Waals surface area contributed by atoms with Crippen molar-refractivity contribution in [1.82, 2.24) is 29.5 Å². The molecule has 2 N–H and O–H groups in total. The van der Waals surface area contributed by atoms with Crippen LogP contribution in [0.2, 0.25) is 5.02 Å². The molecule has 3 aromatic heterocycles. The van der Waals surface area contributed by atoms with Crippen LogP contribution in [0.5, 0.6) is 0 Å². The van der Waals surface area contributed by atoms with Gasteiger partial charge in [-0.15, -0.1) is 0 Å². The van der Waals surface area contributed by atoms with Gasteiger partial charge in [-0.05, 0) is 44.2 Å². The Hall–Kier alpha value is -4.77. The van der Waals surface area contributed by atoms with Gasteiger partial charge < -0.3 is 10.2 Å². The number of carbonyl (C=O) groups is 2. The molecule has 12 heteroatoms. The van der Waals surface area contributed by atoms with Crippen LogP contribution >= 0.6 is 11.6 Å². The summed E-state index contributed by atoms with van der Waals surface area (Å²) in [6.07, 6.45) is 1.52. The minimum absolute atomic E-state index is 0.0900. The van der Waals surface area contributed by atoms with E-state index < -0.39 is 11.5 Å². The molecule has 11 nitrogen and oxygen atoms in total. The second-order valence-corrected chi connectivity index (χ2v) is 9.91. The lowest BCUT2D eigenvalue weighted by molar-refractivity contribution is -0.122. The maximum Gasteiger partial charge on any atom is 0.263 e. The molecule has 1 saturated heterocycles. The highest BCUT2D eigenvalue weighted by Crippen LogP contribution is 2.27. The molecule has 196 valence electrons. The highest BCUT2D eigenvalue weighted by Gasteiger charge is 2.35. The number of anilines is 2. The molecule has 0 bridgehead atoms. The second-order valence-electron chi connectivity index (χ2n) is 9.48. The summed E-state index contributed by atoms with van der Waals surface area (Å²) in [5.74, 6) is -0.583. The van der Waals surface area contributed by atoms with Crippen LogP contribution < -0.4 is 15.8 Å². The standard InChI is InChI=1S/C27H23ClN8O3/c1-15-6-8-19(9-7-15)34-14-17(11-23(34)37)25(38)30-22-10-16(2)33-36(22)27-31-24-21(26(39)32-27)13-29-35(24)20-5-3-4-18(28)12-20/h3-10,12-13,17H,11,14H2,1-2H3,(H,30,38)(H,31,32,39). The van der Waals surface area contributed by atoms with Gasteiger partial charge in [0.2, 0.25) is 17.8 Å². The highest BCUT2D eigenvalue weighted by atomic mass is 35.5. The fourth-order valence-corrected chi connectivity index (χ4v) is 4.82. The van der Waals surface area contributed by atoms with Crippen LogP contribution in [0.15, 0.2) is 65.6 Å². The molecule has 2 amide bonds. The molecule has 4 heterocycles. The highest BCUT2D eigenvalue weighted by molar-refractivity contribution is 6.30. The number of aromatic nitrogens is 6. The topological polar surface area (TPSA) is 131 Å².